The predicted molar refractivity (Wildman–Crippen MR) is 69.2 cm³/mol. The molecule has 2 aromatic carbocycles. The minimum Gasteiger partial charge on any atom is -0.288 e. The van der Waals surface area contributed by atoms with Crippen molar-refractivity contribution in [3.05, 3.63) is 70.7 Å². The van der Waals surface area contributed by atoms with Crippen molar-refractivity contribution in [1.82, 2.24) is 0 Å². The molecule has 0 radical (unpaired) electrons. The summed E-state index contributed by atoms with van der Waals surface area (Å²) in [6.45, 7) is 0.687. The molecule has 0 saturated carbocycles. The Balaban J connectivity index is 1.97. The molecule has 0 amide bonds. The molecule has 0 fully saturated rings. The molecule has 0 heterocycles. The number of hydrogen-bond donors (Lipinski definition) is 0. The average molecular weight is 230 g/mol. The quantitative estimate of drug-likeness (QED) is 0.707. The average Bonchev–Trinajstić information content (AvgIpc) is 2.33. The van der Waals surface area contributed by atoms with Crippen LogP contribution in [0.5, 0.6) is 0 Å². The zero-order chi connectivity index (χ0) is 11.2. The van der Waals surface area contributed by atoms with Gasteiger partial charge in [0, 0.05) is 11.2 Å². The van der Waals surface area contributed by atoms with E-state index in [9.17, 15) is 0 Å². The molecule has 0 aliphatic carbocycles. The minimum atomic E-state index is 0.687. The second-order valence-electron chi connectivity index (χ2n) is 3.51. The summed E-state index contributed by atoms with van der Waals surface area (Å²) in [5.74, 6) is 0. The van der Waals surface area contributed by atoms with Gasteiger partial charge >= 0.3 is 0 Å². The number of aliphatic imine (C=N–C) groups is 1. The van der Waals surface area contributed by atoms with Crippen LogP contribution in [0.25, 0.3) is 0 Å². The Morgan fingerprint density at radius 1 is 0.938 bits per heavy atom. The van der Waals surface area contributed by atoms with E-state index in [0.29, 0.717) is 6.54 Å². The fraction of sp³-hybridized carbons (Fsp3) is 0.0714. The molecule has 0 bridgehead atoms. The van der Waals surface area contributed by atoms with E-state index in [0.717, 1.165) is 16.1 Å². The molecular formula is C14H12ClN. The summed E-state index contributed by atoms with van der Waals surface area (Å²) in [4.78, 5) is 4.37. The van der Waals surface area contributed by atoms with E-state index < -0.39 is 0 Å². The van der Waals surface area contributed by atoms with Gasteiger partial charge in [0.15, 0.2) is 0 Å². The maximum atomic E-state index is 5.80. The molecule has 0 atom stereocenters. The lowest BCUT2D eigenvalue weighted by Crippen LogP contribution is -1.83. The lowest BCUT2D eigenvalue weighted by molar-refractivity contribution is 1.08. The van der Waals surface area contributed by atoms with E-state index in [1.807, 2.05) is 60.8 Å². The lowest BCUT2D eigenvalue weighted by atomic mass is 10.2. The van der Waals surface area contributed by atoms with Crippen LogP contribution in [-0.2, 0) is 6.54 Å². The van der Waals surface area contributed by atoms with E-state index in [2.05, 4.69) is 4.99 Å². The van der Waals surface area contributed by atoms with Gasteiger partial charge in [-0.3, -0.25) is 4.99 Å². The van der Waals surface area contributed by atoms with Crippen LogP contribution in [-0.4, -0.2) is 6.21 Å². The van der Waals surface area contributed by atoms with Crippen molar-refractivity contribution in [1.29, 1.82) is 0 Å². The van der Waals surface area contributed by atoms with Crippen molar-refractivity contribution in [2.75, 3.05) is 0 Å². The minimum absolute atomic E-state index is 0.687. The molecule has 0 N–H and O–H groups in total. The fourth-order valence-corrected chi connectivity index (χ4v) is 1.51. The van der Waals surface area contributed by atoms with Crippen LogP contribution in [0.3, 0.4) is 0 Å². The first kappa shape index (κ1) is 10.9. The summed E-state index contributed by atoms with van der Waals surface area (Å²) < 4.78 is 0. The summed E-state index contributed by atoms with van der Waals surface area (Å²) in [5.41, 5.74) is 2.29. The summed E-state index contributed by atoms with van der Waals surface area (Å²) >= 11 is 5.80. The van der Waals surface area contributed by atoms with Crippen molar-refractivity contribution in [3.63, 3.8) is 0 Å². The first-order valence-electron chi connectivity index (χ1n) is 5.14. The largest absolute Gasteiger partial charge is 0.288 e. The monoisotopic (exact) mass is 229 g/mol. The lowest BCUT2D eigenvalue weighted by Gasteiger charge is -1.96. The third kappa shape index (κ3) is 3.21. The normalized spacial score (nSPS) is 10.8. The Labute approximate surface area is 100 Å². The van der Waals surface area contributed by atoms with E-state index in [1.165, 1.54) is 0 Å². The number of hydrogen-bond acceptors (Lipinski definition) is 1. The summed E-state index contributed by atoms with van der Waals surface area (Å²) in [6, 6.07) is 17.8. The van der Waals surface area contributed by atoms with Crippen LogP contribution in [0.1, 0.15) is 11.1 Å². The summed E-state index contributed by atoms with van der Waals surface area (Å²) in [5, 5.41) is 0.760. The van der Waals surface area contributed by atoms with Gasteiger partial charge in [-0.1, -0.05) is 54.1 Å². The number of halogens is 1. The van der Waals surface area contributed by atoms with Crippen LogP contribution < -0.4 is 0 Å². The molecule has 0 aliphatic rings. The maximum absolute atomic E-state index is 5.80. The third-order valence-electron chi connectivity index (χ3n) is 2.23. The maximum Gasteiger partial charge on any atom is 0.0639 e. The zero-order valence-corrected chi connectivity index (χ0v) is 9.56. The molecule has 1 nitrogen and oxygen atoms in total. The molecular weight excluding hydrogens is 218 g/mol. The number of benzene rings is 2. The molecule has 80 valence electrons. The third-order valence-corrected chi connectivity index (χ3v) is 2.48. The van der Waals surface area contributed by atoms with Crippen LogP contribution in [0.2, 0.25) is 5.02 Å². The first-order chi connectivity index (χ1) is 7.84. The standard InChI is InChI=1S/C14H12ClN/c15-14-8-6-13(7-9-14)11-16-10-12-4-2-1-3-5-12/h1-10H,11H2. The molecule has 0 spiro atoms. The molecule has 0 saturated heterocycles. The van der Waals surface area contributed by atoms with Crippen molar-refractivity contribution in [2.45, 2.75) is 6.54 Å². The molecule has 0 aliphatic heterocycles. The topological polar surface area (TPSA) is 12.4 Å². The number of nitrogens with zero attached hydrogens (tertiary/aromatic N) is 1. The Morgan fingerprint density at radius 2 is 1.62 bits per heavy atom. The van der Waals surface area contributed by atoms with E-state index >= 15 is 0 Å². The second-order valence-corrected chi connectivity index (χ2v) is 3.94. The Hall–Kier alpha value is -1.60. The first-order valence-corrected chi connectivity index (χ1v) is 5.52. The van der Waals surface area contributed by atoms with Crippen LogP contribution in [0.4, 0.5) is 0 Å². The summed E-state index contributed by atoms with van der Waals surface area (Å²) in [6.07, 6.45) is 1.88. The van der Waals surface area contributed by atoms with E-state index in [1.54, 1.807) is 0 Å². The van der Waals surface area contributed by atoms with E-state index in [4.69, 9.17) is 11.6 Å². The van der Waals surface area contributed by atoms with Crippen molar-refractivity contribution >= 4 is 17.8 Å². The van der Waals surface area contributed by atoms with Gasteiger partial charge in [-0.25, -0.2) is 0 Å². The van der Waals surface area contributed by atoms with Crippen molar-refractivity contribution in [3.8, 4) is 0 Å². The van der Waals surface area contributed by atoms with Gasteiger partial charge in [0.2, 0.25) is 0 Å². The van der Waals surface area contributed by atoms with E-state index in [-0.39, 0.29) is 0 Å². The molecule has 2 aromatic rings. The highest BCUT2D eigenvalue weighted by Crippen LogP contribution is 2.10. The summed E-state index contributed by atoms with van der Waals surface area (Å²) in [7, 11) is 0. The highest BCUT2D eigenvalue weighted by Gasteiger charge is 1.90. The van der Waals surface area contributed by atoms with Gasteiger partial charge in [0.05, 0.1) is 6.54 Å². The van der Waals surface area contributed by atoms with Crippen molar-refractivity contribution < 1.29 is 0 Å². The highest BCUT2D eigenvalue weighted by molar-refractivity contribution is 6.30. The van der Waals surface area contributed by atoms with Gasteiger partial charge in [-0.2, -0.15) is 0 Å². The Morgan fingerprint density at radius 3 is 2.31 bits per heavy atom. The van der Waals surface area contributed by atoms with Gasteiger partial charge in [-0.05, 0) is 23.3 Å². The zero-order valence-electron chi connectivity index (χ0n) is 8.81. The fourth-order valence-electron chi connectivity index (χ4n) is 1.39. The Kier molecular flexibility index (Phi) is 3.73. The molecule has 2 rings (SSSR count). The molecule has 0 aromatic heterocycles. The van der Waals surface area contributed by atoms with Crippen LogP contribution >= 0.6 is 11.6 Å². The molecule has 16 heavy (non-hydrogen) atoms. The predicted octanol–water partition coefficient (Wildman–Crippen LogP) is 3.96. The SMILES string of the molecule is Clc1ccc(CN=Cc2ccccc2)cc1. The van der Waals surface area contributed by atoms with Crippen LogP contribution in [0, 0.1) is 0 Å². The van der Waals surface area contributed by atoms with Gasteiger partial charge in [-0.15, -0.1) is 0 Å². The van der Waals surface area contributed by atoms with Gasteiger partial charge in [0.1, 0.15) is 0 Å². The van der Waals surface area contributed by atoms with Crippen molar-refractivity contribution in [2.24, 2.45) is 4.99 Å². The Bertz CT molecular complexity index is 460. The number of rotatable bonds is 3. The van der Waals surface area contributed by atoms with Crippen LogP contribution in [0.15, 0.2) is 59.6 Å². The molecule has 0 unspecified atom stereocenters. The highest BCUT2D eigenvalue weighted by atomic mass is 35.5. The van der Waals surface area contributed by atoms with Gasteiger partial charge < -0.3 is 0 Å². The second kappa shape index (κ2) is 5.47. The van der Waals surface area contributed by atoms with Gasteiger partial charge in [0.25, 0.3) is 0 Å². The smallest absolute Gasteiger partial charge is 0.0639 e. The molecule has 2 heteroatoms.